The SMILES string of the molecule is Cc1ccc2sc(Nc3cccnc3Oc3ccccc3C(C)(C)C)nc2c1C. The summed E-state index contributed by atoms with van der Waals surface area (Å²) < 4.78 is 7.43. The molecule has 0 unspecified atom stereocenters. The third-order valence-corrected chi connectivity index (χ3v) is 5.94. The maximum absolute atomic E-state index is 6.26. The van der Waals surface area contributed by atoms with Gasteiger partial charge in [0, 0.05) is 11.8 Å². The van der Waals surface area contributed by atoms with Crippen molar-refractivity contribution in [1.29, 1.82) is 0 Å². The van der Waals surface area contributed by atoms with Gasteiger partial charge >= 0.3 is 0 Å². The first-order valence-corrected chi connectivity index (χ1v) is 10.5. The Kier molecular flexibility index (Phi) is 5.01. The van der Waals surface area contributed by atoms with Gasteiger partial charge in [-0.2, -0.15) is 0 Å². The van der Waals surface area contributed by atoms with E-state index in [9.17, 15) is 0 Å². The number of aryl methyl sites for hydroxylation is 2. The molecule has 0 amide bonds. The van der Waals surface area contributed by atoms with E-state index in [0.717, 1.165) is 27.6 Å². The van der Waals surface area contributed by atoms with E-state index >= 15 is 0 Å². The average molecular weight is 404 g/mol. The van der Waals surface area contributed by atoms with Crippen LogP contribution in [0.2, 0.25) is 0 Å². The lowest BCUT2D eigenvalue weighted by Crippen LogP contribution is -2.12. The second-order valence-corrected chi connectivity index (χ2v) is 9.23. The minimum absolute atomic E-state index is 0.0264. The van der Waals surface area contributed by atoms with Crippen LogP contribution in [0.1, 0.15) is 37.5 Å². The minimum atomic E-state index is -0.0264. The van der Waals surface area contributed by atoms with Gasteiger partial charge in [0.05, 0.1) is 10.2 Å². The Bertz CT molecular complexity index is 1170. The van der Waals surface area contributed by atoms with Gasteiger partial charge in [0.1, 0.15) is 11.4 Å². The summed E-state index contributed by atoms with van der Waals surface area (Å²) in [6.45, 7) is 10.8. The zero-order chi connectivity index (χ0) is 20.6. The molecule has 0 atom stereocenters. The standard InChI is InChI=1S/C24H25N3OS/c1-15-12-13-20-21(16(15)2)27-23(29-20)26-18-10-8-14-25-22(18)28-19-11-7-6-9-17(19)24(3,4)5/h6-14H,1-5H3,(H,26,27). The van der Waals surface area contributed by atoms with Crippen LogP contribution in [0.15, 0.2) is 54.7 Å². The summed E-state index contributed by atoms with van der Waals surface area (Å²) in [6.07, 6.45) is 1.74. The summed E-state index contributed by atoms with van der Waals surface area (Å²) >= 11 is 1.63. The fourth-order valence-electron chi connectivity index (χ4n) is 3.24. The van der Waals surface area contributed by atoms with Gasteiger partial charge in [-0.05, 0) is 54.7 Å². The van der Waals surface area contributed by atoms with Crippen molar-refractivity contribution in [2.24, 2.45) is 0 Å². The number of rotatable bonds is 4. The highest BCUT2D eigenvalue weighted by molar-refractivity contribution is 7.22. The van der Waals surface area contributed by atoms with Gasteiger partial charge < -0.3 is 10.1 Å². The molecule has 1 N–H and O–H groups in total. The number of hydrogen-bond donors (Lipinski definition) is 1. The van der Waals surface area contributed by atoms with Crippen LogP contribution < -0.4 is 10.1 Å². The highest BCUT2D eigenvalue weighted by Crippen LogP contribution is 2.37. The van der Waals surface area contributed by atoms with Gasteiger partial charge in [0.15, 0.2) is 5.13 Å². The second kappa shape index (κ2) is 7.48. The smallest absolute Gasteiger partial charge is 0.243 e. The van der Waals surface area contributed by atoms with Crippen molar-refractivity contribution in [3.05, 3.63) is 71.4 Å². The van der Waals surface area contributed by atoms with Gasteiger partial charge in [0.25, 0.3) is 0 Å². The maximum atomic E-state index is 6.26. The summed E-state index contributed by atoms with van der Waals surface area (Å²) in [6, 6.07) is 16.2. The number of para-hydroxylation sites is 1. The van der Waals surface area contributed by atoms with Gasteiger partial charge in [-0.1, -0.05) is 56.4 Å². The Morgan fingerprint density at radius 3 is 2.55 bits per heavy atom. The van der Waals surface area contributed by atoms with Gasteiger partial charge in [0.2, 0.25) is 5.88 Å². The number of anilines is 2. The number of nitrogens with zero attached hydrogens (tertiary/aromatic N) is 2. The molecule has 0 aliphatic rings. The van der Waals surface area contributed by atoms with Crippen molar-refractivity contribution >= 4 is 32.4 Å². The molecule has 2 aromatic carbocycles. The van der Waals surface area contributed by atoms with E-state index in [0.29, 0.717) is 5.88 Å². The molecule has 0 radical (unpaired) electrons. The maximum Gasteiger partial charge on any atom is 0.243 e. The van der Waals surface area contributed by atoms with Gasteiger partial charge in [-0.25, -0.2) is 9.97 Å². The first-order chi connectivity index (χ1) is 13.8. The number of nitrogens with one attached hydrogen (secondary N) is 1. The Labute approximate surface area is 175 Å². The highest BCUT2D eigenvalue weighted by atomic mass is 32.1. The monoisotopic (exact) mass is 403 g/mol. The molecule has 2 heterocycles. The van der Waals surface area contributed by atoms with E-state index < -0.39 is 0 Å². The molecule has 148 valence electrons. The predicted octanol–water partition coefficient (Wildman–Crippen LogP) is 7.14. The Morgan fingerprint density at radius 2 is 1.76 bits per heavy atom. The number of aromatic nitrogens is 2. The fraction of sp³-hybridized carbons (Fsp3) is 0.250. The quantitative estimate of drug-likeness (QED) is 0.393. The number of hydrogen-bond acceptors (Lipinski definition) is 5. The van der Waals surface area contributed by atoms with Crippen LogP contribution in [0.3, 0.4) is 0 Å². The van der Waals surface area contributed by atoms with E-state index in [1.54, 1.807) is 17.5 Å². The third kappa shape index (κ3) is 3.96. The molecule has 5 heteroatoms. The molecular formula is C24H25N3OS. The van der Waals surface area contributed by atoms with Crippen LogP contribution in [0.5, 0.6) is 11.6 Å². The van der Waals surface area contributed by atoms with Crippen molar-refractivity contribution in [2.45, 2.75) is 40.0 Å². The number of benzene rings is 2. The highest BCUT2D eigenvalue weighted by Gasteiger charge is 2.20. The minimum Gasteiger partial charge on any atom is -0.437 e. The van der Waals surface area contributed by atoms with Crippen LogP contribution in [-0.2, 0) is 5.41 Å². The number of ether oxygens (including phenoxy) is 1. The summed E-state index contributed by atoms with van der Waals surface area (Å²) in [5, 5.41) is 4.24. The lowest BCUT2D eigenvalue weighted by Gasteiger charge is -2.22. The van der Waals surface area contributed by atoms with Crippen LogP contribution in [0.4, 0.5) is 10.8 Å². The summed E-state index contributed by atoms with van der Waals surface area (Å²) in [7, 11) is 0. The first kappa shape index (κ1) is 19.4. The zero-order valence-electron chi connectivity index (χ0n) is 17.4. The van der Waals surface area contributed by atoms with Crippen LogP contribution in [0.25, 0.3) is 10.2 Å². The molecule has 4 rings (SSSR count). The molecule has 29 heavy (non-hydrogen) atoms. The molecule has 0 aliphatic heterocycles. The summed E-state index contributed by atoms with van der Waals surface area (Å²) in [5.41, 5.74) is 5.42. The fourth-order valence-corrected chi connectivity index (χ4v) is 4.18. The van der Waals surface area contributed by atoms with Gasteiger partial charge in [-0.3, -0.25) is 0 Å². The average Bonchev–Trinajstić information content (AvgIpc) is 3.09. The molecule has 0 saturated carbocycles. The van der Waals surface area contributed by atoms with Crippen LogP contribution in [0, 0.1) is 13.8 Å². The molecule has 0 aliphatic carbocycles. The van der Waals surface area contributed by atoms with Crippen LogP contribution in [-0.4, -0.2) is 9.97 Å². The van der Waals surface area contributed by atoms with Gasteiger partial charge in [-0.15, -0.1) is 0 Å². The summed E-state index contributed by atoms with van der Waals surface area (Å²) in [4.78, 5) is 9.27. The van der Waals surface area contributed by atoms with E-state index in [4.69, 9.17) is 9.72 Å². The molecule has 0 spiro atoms. The molecule has 4 aromatic rings. The number of thiazole rings is 1. The molecule has 0 bridgehead atoms. The second-order valence-electron chi connectivity index (χ2n) is 8.20. The van der Waals surface area contributed by atoms with E-state index in [1.807, 2.05) is 30.3 Å². The van der Waals surface area contributed by atoms with Crippen molar-refractivity contribution in [3.63, 3.8) is 0 Å². The molecule has 0 fully saturated rings. The molecular weight excluding hydrogens is 378 g/mol. The predicted molar refractivity (Wildman–Crippen MR) is 122 cm³/mol. The zero-order valence-corrected chi connectivity index (χ0v) is 18.2. The van der Waals surface area contributed by atoms with Crippen molar-refractivity contribution in [3.8, 4) is 11.6 Å². The van der Waals surface area contributed by atoms with Crippen molar-refractivity contribution < 1.29 is 4.74 Å². The molecule has 4 nitrogen and oxygen atoms in total. The summed E-state index contributed by atoms with van der Waals surface area (Å²) in [5.74, 6) is 1.36. The van der Waals surface area contributed by atoms with E-state index in [1.165, 1.54) is 15.8 Å². The third-order valence-electron chi connectivity index (χ3n) is 5.00. The van der Waals surface area contributed by atoms with Crippen molar-refractivity contribution in [2.75, 3.05) is 5.32 Å². The van der Waals surface area contributed by atoms with E-state index in [-0.39, 0.29) is 5.41 Å². The Morgan fingerprint density at radius 1 is 0.966 bits per heavy atom. The lowest BCUT2D eigenvalue weighted by molar-refractivity contribution is 0.442. The van der Waals surface area contributed by atoms with Crippen LogP contribution >= 0.6 is 11.3 Å². The number of pyridine rings is 1. The van der Waals surface area contributed by atoms with E-state index in [2.05, 4.69) is 63.1 Å². The van der Waals surface area contributed by atoms with Crippen molar-refractivity contribution in [1.82, 2.24) is 9.97 Å². The number of fused-ring (bicyclic) bond motifs is 1. The Hall–Kier alpha value is -2.92. The lowest BCUT2D eigenvalue weighted by atomic mass is 9.86. The first-order valence-electron chi connectivity index (χ1n) is 9.69. The Balaban J connectivity index is 1.68. The normalized spacial score (nSPS) is 11.6. The largest absolute Gasteiger partial charge is 0.437 e. The molecule has 2 aromatic heterocycles. The molecule has 0 saturated heterocycles. The topological polar surface area (TPSA) is 47.0 Å².